The normalized spacial score (nSPS) is 11.0. The number of hydrogen-bond donors (Lipinski definition) is 2. The summed E-state index contributed by atoms with van der Waals surface area (Å²) in [5.41, 5.74) is 0. The molecule has 0 fully saturated rings. The fourth-order valence-corrected chi connectivity index (χ4v) is 1.86. The van der Waals surface area contributed by atoms with Crippen molar-refractivity contribution in [2.24, 2.45) is 0 Å². The molecule has 94 valence electrons. The Morgan fingerprint density at radius 1 is 1.06 bits per heavy atom. The molecular weight excluding hydrogens is 256 g/mol. The Hall–Kier alpha value is -2.08. The van der Waals surface area contributed by atoms with E-state index in [0.717, 1.165) is 17.8 Å². The summed E-state index contributed by atoms with van der Waals surface area (Å²) in [5, 5.41) is 17.3. The van der Waals surface area contributed by atoms with Gasteiger partial charge in [-0.2, -0.15) is 0 Å². The first-order valence-corrected chi connectivity index (χ1v) is 5.75. The van der Waals surface area contributed by atoms with Gasteiger partial charge >= 0.3 is 11.9 Å². The van der Waals surface area contributed by atoms with Crippen molar-refractivity contribution in [3.05, 3.63) is 41.3 Å². The average Bonchev–Trinajstić information content (AvgIpc) is 2.34. The molecule has 0 bridgehead atoms. The fourth-order valence-electron chi connectivity index (χ4n) is 1.06. The Bertz CT molecular complexity index is 492. The van der Waals surface area contributed by atoms with Crippen molar-refractivity contribution in [1.29, 1.82) is 0 Å². The van der Waals surface area contributed by atoms with Gasteiger partial charge in [0.2, 0.25) is 5.78 Å². The minimum atomic E-state index is -1.57. The van der Waals surface area contributed by atoms with Crippen LogP contribution in [0.1, 0.15) is 6.42 Å². The Kier molecular flexibility index (Phi) is 5.13. The SMILES string of the molecule is O=C(O)C(=O)CC=C(Sc1ccccc1)C(=O)O. The van der Waals surface area contributed by atoms with Gasteiger partial charge in [0, 0.05) is 11.3 Å². The number of aliphatic carboxylic acids is 2. The van der Waals surface area contributed by atoms with Gasteiger partial charge in [0.25, 0.3) is 0 Å². The van der Waals surface area contributed by atoms with Gasteiger partial charge in [-0.05, 0) is 12.1 Å². The molecule has 0 aliphatic carbocycles. The van der Waals surface area contributed by atoms with Gasteiger partial charge in [-0.3, -0.25) is 4.79 Å². The lowest BCUT2D eigenvalue weighted by molar-refractivity contribution is -0.148. The van der Waals surface area contributed by atoms with E-state index in [9.17, 15) is 14.4 Å². The number of ketones is 1. The minimum absolute atomic E-state index is 0.0733. The summed E-state index contributed by atoms with van der Waals surface area (Å²) in [6.07, 6.45) is 0.674. The Morgan fingerprint density at radius 2 is 1.67 bits per heavy atom. The number of rotatable bonds is 6. The molecule has 0 spiro atoms. The number of Topliss-reactive ketones (excluding diaryl/α,β-unsaturated/α-hetero) is 1. The Morgan fingerprint density at radius 3 is 2.17 bits per heavy atom. The van der Waals surface area contributed by atoms with E-state index in [4.69, 9.17) is 10.2 Å². The molecule has 1 aromatic rings. The maximum atomic E-state index is 10.9. The third-order valence-corrected chi connectivity index (χ3v) is 2.96. The van der Waals surface area contributed by atoms with E-state index in [-0.39, 0.29) is 4.91 Å². The average molecular weight is 266 g/mol. The van der Waals surface area contributed by atoms with Crippen molar-refractivity contribution in [2.75, 3.05) is 0 Å². The van der Waals surface area contributed by atoms with Gasteiger partial charge in [0.15, 0.2) is 0 Å². The molecule has 0 amide bonds. The van der Waals surface area contributed by atoms with Crippen LogP contribution in [0.3, 0.4) is 0 Å². The Balaban J connectivity index is 2.78. The van der Waals surface area contributed by atoms with Crippen LogP contribution in [-0.2, 0) is 14.4 Å². The fraction of sp³-hybridized carbons (Fsp3) is 0.0833. The van der Waals surface area contributed by atoms with Gasteiger partial charge in [-0.15, -0.1) is 0 Å². The summed E-state index contributed by atoms with van der Waals surface area (Å²) in [6, 6.07) is 8.75. The van der Waals surface area contributed by atoms with Gasteiger partial charge < -0.3 is 10.2 Å². The number of thioether (sulfide) groups is 1. The maximum Gasteiger partial charge on any atom is 0.372 e. The number of carboxylic acids is 2. The van der Waals surface area contributed by atoms with Crippen molar-refractivity contribution in [1.82, 2.24) is 0 Å². The molecule has 0 saturated carbocycles. The van der Waals surface area contributed by atoms with E-state index in [1.807, 2.05) is 0 Å². The van der Waals surface area contributed by atoms with E-state index in [2.05, 4.69) is 0 Å². The molecule has 0 aromatic heterocycles. The number of carbonyl (C=O) groups excluding carboxylic acids is 1. The highest BCUT2D eigenvalue weighted by molar-refractivity contribution is 8.04. The second-order valence-electron chi connectivity index (χ2n) is 3.22. The summed E-state index contributed by atoms with van der Waals surface area (Å²) < 4.78 is 0. The molecule has 18 heavy (non-hydrogen) atoms. The first-order valence-electron chi connectivity index (χ1n) is 4.93. The topological polar surface area (TPSA) is 91.7 Å². The molecule has 0 aliphatic heterocycles. The zero-order valence-electron chi connectivity index (χ0n) is 9.20. The van der Waals surface area contributed by atoms with Crippen molar-refractivity contribution in [3.8, 4) is 0 Å². The van der Waals surface area contributed by atoms with E-state index in [1.54, 1.807) is 30.3 Å². The molecule has 0 atom stereocenters. The van der Waals surface area contributed by atoms with Gasteiger partial charge in [-0.25, -0.2) is 9.59 Å². The molecule has 1 rings (SSSR count). The number of benzene rings is 1. The lowest BCUT2D eigenvalue weighted by atomic mass is 10.2. The minimum Gasteiger partial charge on any atom is -0.477 e. The van der Waals surface area contributed by atoms with Crippen LogP contribution >= 0.6 is 11.8 Å². The van der Waals surface area contributed by atoms with Gasteiger partial charge in [0.05, 0.1) is 4.91 Å². The van der Waals surface area contributed by atoms with Crippen LogP contribution in [-0.4, -0.2) is 27.9 Å². The summed E-state index contributed by atoms with van der Waals surface area (Å²) in [7, 11) is 0. The second-order valence-corrected chi connectivity index (χ2v) is 4.34. The zero-order chi connectivity index (χ0) is 13.5. The molecule has 0 radical (unpaired) electrons. The lowest BCUT2D eigenvalue weighted by Crippen LogP contribution is -2.11. The first-order chi connectivity index (χ1) is 8.50. The molecular formula is C12H10O5S. The molecule has 1 aromatic carbocycles. The van der Waals surface area contributed by atoms with Crippen molar-refractivity contribution >= 4 is 29.5 Å². The van der Waals surface area contributed by atoms with Crippen LogP contribution in [0.15, 0.2) is 46.2 Å². The van der Waals surface area contributed by atoms with Crippen molar-refractivity contribution in [3.63, 3.8) is 0 Å². The number of hydrogen-bond acceptors (Lipinski definition) is 4. The van der Waals surface area contributed by atoms with Crippen LogP contribution in [0, 0.1) is 0 Å². The monoisotopic (exact) mass is 266 g/mol. The third kappa shape index (κ3) is 4.42. The predicted molar refractivity (Wildman–Crippen MR) is 65.3 cm³/mol. The summed E-state index contributed by atoms with van der Waals surface area (Å²) in [4.78, 5) is 32.8. The molecule has 0 unspecified atom stereocenters. The lowest BCUT2D eigenvalue weighted by Gasteiger charge is -2.01. The van der Waals surface area contributed by atoms with E-state index >= 15 is 0 Å². The van der Waals surface area contributed by atoms with Gasteiger partial charge in [0.1, 0.15) is 0 Å². The molecule has 2 N–H and O–H groups in total. The van der Waals surface area contributed by atoms with E-state index in [0.29, 0.717) is 4.90 Å². The molecule has 5 nitrogen and oxygen atoms in total. The summed E-state index contributed by atoms with van der Waals surface area (Å²) in [6.45, 7) is 0. The summed E-state index contributed by atoms with van der Waals surface area (Å²) in [5.74, 6) is -3.80. The smallest absolute Gasteiger partial charge is 0.372 e. The predicted octanol–water partition coefficient (Wildman–Crippen LogP) is 1.79. The Labute approximate surface area is 107 Å². The van der Waals surface area contributed by atoms with Crippen LogP contribution in [0.5, 0.6) is 0 Å². The zero-order valence-corrected chi connectivity index (χ0v) is 10.0. The maximum absolute atomic E-state index is 10.9. The van der Waals surface area contributed by atoms with E-state index < -0.39 is 24.1 Å². The molecule has 0 saturated heterocycles. The van der Waals surface area contributed by atoms with Crippen LogP contribution in [0.2, 0.25) is 0 Å². The van der Waals surface area contributed by atoms with Crippen LogP contribution < -0.4 is 0 Å². The molecule has 6 heteroatoms. The second kappa shape index (κ2) is 6.61. The van der Waals surface area contributed by atoms with Gasteiger partial charge in [-0.1, -0.05) is 36.0 Å². The standard InChI is InChI=1S/C12H10O5S/c13-9(11(14)15)6-7-10(12(16)17)18-8-4-2-1-3-5-8/h1-5,7H,6H2,(H,14,15)(H,16,17). The van der Waals surface area contributed by atoms with E-state index in [1.165, 1.54) is 0 Å². The number of allylic oxidation sites excluding steroid dienone is 1. The highest BCUT2D eigenvalue weighted by Crippen LogP contribution is 2.26. The van der Waals surface area contributed by atoms with Crippen LogP contribution in [0.25, 0.3) is 0 Å². The highest BCUT2D eigenvalue weighted by Gasteiger charge is 2.13. The largest absolute Gasteiger partial charge is 0.477 e. The first kappa shape index (κ1) is 14.0. The molecule has 0 aliphatic rings. The molecule has 0 heterocycles. The number of carbonyl (C=O) groups is 3. The number of carboxylic acid groups (broad SMARTS) is 2. The van der Waals surface area contributed by atoms with Crippen molar-refractivity contribution in [2.45, 2.75) is 11.3 Å². The summed E-state index contributed by atoms with van der Waals surface area (Å²) >= 11 is 0.967. The quantitative estimate of drug-likeness (QED) is 0.463. The highest BCUT2D eigenvalue weighted by atomic mass is 32.2. The van der Waals surface area contributed by atoms with Crippen molar-refractivity contribution < 1.29 is 24.6 Å². The van der Waals surface area contributed by atoms with Crippen LogP contribution in [0.4, 0.5) is 0 Å². The third-order valence-electron chi connectivity index (χ3n) is 1.89.